The van der Waals surface area contributed by atoms with Gasteiger partial charge in [0.1, 0.15) is 5.69 Å². The lowest BCUT2D eigenvalue weighted by molar-refractivity contribution is -0.137. The summed E-state index contributed by atoms with van der Waals surface area (Å²) in [5.74, 6) is -1.41. The van der Waals surface area contributed by atoms with E-state index < -0.39 is 29.2 Å². The number of hydrogen-bond donors (Lipinski definition) is 1. The number of benzene rings is 1. The zero-order chi connectivity index (χ0) is 20.3. The van der Waals surface area contributed by atoms with Gasteiger partial charge in [-0.2, -0.15) is 27.9 Å². The number of amides is 1. The Hall–Kier alpha value is -3.74. The van der Waals surface area contributed by atoms with Crippen LogP contribution in [0.3, 0.4) is 0 Å². The number of carbonyl (C=O) groups is 1. The van der Waals surface area contributed by atoms with Gasteiger partial charge in [0.25, 0.3) is 5.91 Å². The third kappa shape index (κ3) is 4.15. The molecule has 0 fully saturated rings. The highest BCUT2D eigenvalue weighted by atomic mass is 19.4. The molecule has 3 aromatic rings. The summed E-state index contributed by atoms with van der Waals surface area (Å²) in [5, 5.41) is 15.4. The lowest BCUT2D eigenvalue weighted by Crippen LogP contribution is -2.24. The van der Waals surface area contributed by atoms with Gasteiger partial charge in [-0.05, 0) is 36.4 Å². The second-order valence-electron chi connectivity index (χ2n) is 5.62. The molecule has 0 aliphatic rings. The van der Waals surface area contributed by atoms with Crippen molar-refractivity contribution < 1.29 is 22.4 Å². The minimum Gasteiger partial charge on any atom is -0.345 e. The monoisotopic (exact) mass is 389 g/mol. The van der Waals surface area contributed by atoms with Crippen LogP contribution in [0, 0.1) is 17.3 Å². The van der Waals surface area contributed by atoms with Gasteiger partial charge in [0.15, 0.2) is 0 Å². The predicted molar refractivity (Wildman–Crippen MR) is 88.6 cm³/mol. The predicted octanol–water partition coefficient (Wildman–Crippen LogP) is 3.23. The van der Waals surface area contributed by atoms with Crippen LogP contribution in [0.5, 0.6) is 0 Å². The Kier molecular flexibility index (Phi) is 5.08. The van der Waals surface area contributed by atoms with Crippen molar-refractivity contribution >= 4 is 5.91 Å². The number of aromatic nitrogens is 3. The Morgan fingerprint density at radius 1 is 1.21 bits per heavy atom. The van der Waals surface area contributed by atoms with E-state index in [2.05, 4.69) is 15.4 Å². The number of nitriles is 1. The van der Waals surface area contributed by atoms with E-state index in [1.807, 2.05) is 0 Å². The van der Waals surface area contributed by atoms with Crippen molar-refractivity contribution in [2.24, 2.45) is 0 Å². The molecule has 1 amide bonds. The zero-order valence-corrected chi connectivity index (χ0v) is 14.0. The molecule has 142 valence electrons. The van der Waals surface area contributed by atoms with Crippen LogP contribution < -0.4 is 5.32 Å². The molecule has 1 aromatic carbocycles. The Balaban J connectivity index is 1.76. The van der Waals surface area contributed by atoms with Crippen LogP contribution in [0.25, 0.3) is 5.69 Å². The number of carbonyl (C=O) groups excluding carboxylic acids is 1. The first-order valence-corrected chi connectivity index (χ1v) is 7.85. The summed E-state index contributed by atoms with van der Waals surface area (Å²) in [6, 6.07) is 10.0. The van der Waals surface area contributed by atoms with Gasteiger partial charge in [0.05, 0.1) is 35.1 Å². The number of pyridine rings is 1. The molecule has 1 N–H and O–H groups in total. The summed E-state index contributed by atoms with van der Waals surface area (Å²) in [4.78, 5) is 15.4. The van der Waals surface area contributed by atoms with E-state index in [1.54, 1.807) is 0 Å². The van der Waals surface area contributed by atoms with Gasteiger partial charge < -0.3 is 5.32 Å². The SMILES string of the molecule is N#Cc1ccc(-n2ccc(CNC(=O)c3cccc(F)n3)n2)cc1C(F)(F)F. The normalized spacial score (nSPS) is 11.1. The Labute approximate surface area is 156 Å². The summed E-state index contributed by atoms with van der Waals surface area (Å²) >= 11 is 0. The average Bonchev–Trinajstić information content (AvgIpc) is 3.14. The number of hydrogen-bond acceptors (Lipinski definition) is 4. The van der Waals surface area contributed by atoms with Gasteiger partial charge in [0.2, 0.25) is 5.95 Å². The van der Waals surface area contributed by atoms with E-state index >= 15 is 0 Å². The van der Waals surface area contributed by atoms with Crippen LogP contribution in [0.4, 0.5) is 17.6 Å². The van der Waals surface area contributed by atoms with Gasteiger partial charge in [-0.3, -0.25) is 4.79 Å². The maximum absolute atomic E-state index is 13.1. The van der Waals surface area contributed by atoms with Crippen molar-refractivity contribution in [3.63, 3.8) is 0 Å². The van der Waals surface area contributed by atoms with Crippen molar-refractivity contribution in [3.8, 4) is 11.8 Å². The molecule has 0 bridgehead atoms. The quantitative estimate of drug-likeness (QED) is 0.549. The van der Waals surface area contributed by atoms with E-state index in [0.717, 1.165) is 18.2 Å². The maximum atomic E-state index is 13.1. The van der Waals surface area contributed by atoms with E-state index in [0.29, 0.717) is 5.69 Å². The highest BCUT2D eigenvalue weighted by Gasteiger charge is 2.34. The van der Waals surface area contributed by atoms with Crippen LogP contribution in [0.2, 0.25) is 0 Å². The minimum atomic E-state index is -4.68. The Morgan fingerprint density at radius 2 is 2.00 bits per heavy atom. The number of nitrogens with one attached hydrogen (secondary N) is 1. The summed E-state index contributed by atoms with van der Waals surface area (Å²) in [7, 11) is 0. The Bertz CT molecular complexity index is 1070. The van der Waals surface area contributed by atoms with E-state index in [9.17, 15) is 22.4 Å². The molecule has 3 rings (SSSR count). The van der Waals surface area contributed by atoms with Crippen molar-refractivity contribution in [1.82, 2.24) is 20.1 Å². The molecule has 10 heteroatoms. The zero-order valence-electron chi connectivity index (χ0n) is 14.0. The largest absolute Gasteiger partial charge is 0.417 e. The lowest BCUT2D eigenvalue weighted by atomic mass is 10.1. The van der Waals surface area contributed by atoms with Gasteiger partial charge in [-0.1, -0.05) is 6.07 Å². The van der Waals surface area contributed by atoms with Gasteiger partial charge in [-0.25, -0.2) is 9.67 Å². The molecule has 28 heavy (non-hydrogen) atoms. The lowest BCUT2D eigenvalue weighted by Gasteiger charge is -2.10. The van der Waals surface area contributed by atoms with E-state index in [4.69, 9.17) is 5.26 Å². The van der Waals surface area contributed by atoms with Crippen LogP contribution >= 0.6 is 0 Å². The highest BCUT2D eigenvalue weighted by molar-refractivity contribution is 5.92. The van der Waals surface area contributed by atoms with Crippen LogP contribution in [0.15, 0.2) is 48.7 Å². The topological polar surface area (TPSA) is 83.6 Å². The number of halogens is 4. The number of nitrogens with zero attached hydrogens (tertiary/aromatic N) is 4. The van der Waals surface area contributed by atoms with Crippen molar-refractivity contribution in [2.45, 2.75) is 12.7 Å². The fraction of sp³-hybridized carbons (Fsp3) is 0.111. The van der Waals surface area contributed by atoms with Crippen molar-refractivity contribution in [3.05, 3.63) is 77.1 Å². The summed E-state index contributed by atoms with van der Waals surface area (Å²) in [6.45, 7) is -0.0353. The summed E-state index contributed by atoms with van der Waals surface area (Å²) < 4.78 is 53.5. The second-order valence-corrected chi connectivity index (χ2v) is 5.62. The Morgan fingerprint density at radius 3 is 2.68 bits per heavy atom. The molecule has 0 atom stereocenters. The van der Waals surface area contributed by atoms with Gasteiger partial charge >= 0.3 is 6.18 Å². The first kappa shape index (κ1) is 19.0. The fourth-order valence-electron chi connectivity index (χ4n) is 2.40. The molecule has 0 spiro atoms. The first-order chi connectivity index (χ1) is 13.3. The summed E-state index contributed by atoms with van der Waals surface area (Å²) in [5.41, 5.74) is -1.19. The van der Waals surface area contributed by atoms with Crippen LogP contribution in [-0.4, -0.2) is 20.7 Å². The first-order valence-electron chi connectivity index (χ1n) is 7.85. The molecule has 6 nitrogen and oxygen atoms in total. The highest BCUT2D eigenvalue weighted by Crippen LogP contribution is 2.33. The van der Waals surface area contributed by atoms with Gasteiger partial charge in [0, 0.05) is 6.20 Å². The third-order valence-electron chi connectivity index (χ3n) is 3.72. The standard InChI is InChI=1S/C18H11F4N5O/c19-16-3-1-2-15(25-16)17(28)24-10-12-6-7-27(26-12)13-5-4-11(9-23)14(8-13)18(20,21)22/h1-8H,10H2,(H,24,28). The van der Waals surface area contributed by atoms with E-state index in [-0.39, 0.29) is 17.9 Å². The average molecular weight is 389 g/mol. The molecule has 0 radical (unpaired) electrons. The maximum Gasteiger partial charge on any atom is 0.417 e. The molecular formula is C18H11F4N5O. The number of rotatable bonds is 4. The molecule has 0 saturated heterocycles. The summed E-state index contributed by atoms with van der Waals surface area (Å²) in [6.07, 6.45) is -3.26. The van der Waals surface area contributed by atoms with Crippen molar-refractivity contribution in [1.29, 1.82) is 5.26 Å². The van der Waals surface area contributed by atoms with Gasteiger partial charge in [-0.15, -0.1) is 0 Å². The molecule has 2 heterocycles. The minimum absolute atomic E-state index is 0.0353. The molecule has 0 unspecified atom stereocenters. The smallest absolute Gasteiger partial charge is 0.345 e. The van der Waals surface area contributed by atoms with Crippen LogP contribution in [-0.2, 0) is 12.7 Å². The van der Waals surface area contributed by atoms with Crippen LogP contribution in [0.1, 0.15) is 27.3 Å². The molecular weight excluding hydrogens is 378 g/mol. The fourth-order valence-corrected chi connectivity index (χ4v) is 2.40. The molecule has 0 aliphatic carbocycles. The third-order valence-corrected chi connectivity index (χ3v) is 3.72. The van der Waals surface area contributed by atoms with E-state index in [1.165, 1.54) is 41.2 Å². The molecule has 2 aromatic heterocycles. The van der Waals surface area contributed by atoms with Crippen molar-refractivity contribution in [2.75, 3.05) is 0 Å². The number of alkyl halides is 3. The second kappa shape index (κ2) is 7.48. The molecule has 0 saturated carbocycles. The molecule has 0 aliphatic heterocycles.